The Morgan fingerprint density at radius 1 is 1.17 bits per heavy atom. The van der Waals surface area contributed by atoms with Crippen LogP contribution >= 0.6 is 0 Å². The van der Waals surface area contributed by atoms with Crippen molar-refractivity contribution < 1.29 is 0 Å². The largest absolute Gasteiger partial charge is 0.111 e. The molecule has 2 aliphatic carbocycles. The predicted molar refractivity (Wildman–Crippen MR) is 54.8 cm³/mol. The summed E-state index contributed by atoms with van der Waals surface area (Å²) in [5.74, 6) is 7.53. The third kappa shape index (κ3) is 1.40. The van der Waals surface area contributed by atoms with Gasteiger partial charge in [-0.25, -0.2) is 0 Å². The van der Waals surface area contributed by atoms with Gasteiger partial charge in [-0.2, -0.15) is 0 Å². The molecular formula is C11H17B. The van der Waals surface area contributed by atoms with E-state index in [-0.39, 0.29) is 0 Å². The topological polar surface area (TPSA) is 0 Å². The Bertz CT molecular complexity index is 223. The minimum Gasteiger partial charge on any atom is -0.103 e. The van der Waals surface area contributed by atoms with Crippen LogP contribution in [0.1, 0.15) is 44.9 Å². The highest BCUT2D eigenvalue weighted by Gasteiger charge is 2.35. The lowest BCUT2D eigenvalue weighted by atomic mass is 9.53. The first-order valence-electron chi connectivity index (χ1n) is 5.30. The molecule has 2 atom stereocenters. The van der Waals surface area contributed by atoms with Crippen LogP contribution in [0.3, 0.4) is 0 Å². The maximum Gasteiger partial charge on any atom is 0.111 e. The molecule has 2 unspecified atom stereocenters. The van der Waals surface area contributed by atoms with Gasteiger partial charge in [-0.3, -0.25) is 0 Å². The fourth-order valence-electron chi connectivity index (χ4n) is 2.72. The smallest absolute Gasteiger partial charge is 0.103 e. The zero-order chi connectivity index (χ0) is 8.44. The van der Waals surface area contributed by atoms with Crippen molar-refractivity contribution in [1.29, 1.82) is 0 Å². The van der Waals surface area contributed by atoms with Crippen LogP contribution in [0.15, 0.2) is 0 Å². The van der Waals surface area contributed by atoms with Gasteiger partial charge >= 0.3 is 0 Å². The quantitative estimate of drug-likeness (QED) is 0.376. The lowest BCUT2D eigenvalue weighted by Crippen LogP contribution is -2.26. The SMILES string of the molecule is BC12CCCC#CC1CCCC2. The van der Waals surface area contributed by atoms with Crippen molar-refractivity contribution >= 4 is 7.85 Å². The molecule has 2 aliphatic rings. The molecule has 0 heterocycles. The standard InChI is InChI=1S/C11H17B/c12-11-8-4-1-2-6-10(11)7-3-5-9-11/h10H,1,3-5,7-9,12H2. The van der Waals surface area contributed by atoms with E-state index in [0.717, 1.165) is 12.3 Å². The van der Waals surface area contributed by atoms with Crippen LogP contribution in [0, 0.1) is 17.8 Å². The number of fused-ring (bicyclic) bond motifs is 1. The monoisotopic (exact) mass is 160 g/mol. The molecule has 0 N–H and O–H groups in total. The van der Waals surface area contributed by atoms with Crippen LogP contribution in [-0.2, 0) is 0 Å². The van der Waals surface area contributed by atoms with Crippen LogP contribution in [0.2, 0.25) is 5.31 Å². The molecule has 0 aromatic rings. The van der Waals surface area contributed by atoms with E-state index in [4.69, 9.17) is 0 Å². The average molecular weight is 160 g/mol. The van der Waals surface area contributed by atoms with Gasteiger partial charge in [0, 0.05) is 12.3 Å². The molecule has 64 valence electrons. The molecule has 1 fully saturated rings. The second kappa shape index (κ2) is 3.17. The lowest BCUT2D eigenvalue weighted by molar-refractivity contribution is 0.296. The van der Waals surface area contributed by atoms with E-state index in [2.05, 4.69) is 19.7 Å². The molecule has 0 nitrogen and oxygen atoms in total. The summed E-state index contributed by atoms with van der Waals surface area (Å²) in [5.41, 5.74) is 0. The van der Waals surface area contributed by atoms with Crippen molar-refractivity contribution in [1.82, 2.24) is 0 Å². The summed E-state index contributed by atoms with van der Waals surface area (Å²) in [7, 11) is 2.46. The number of hydrogen-bond donors (Lipinski definition) is 0. The van der Waals surface area contributed by atoms with E-state index in [9.17, 15) is 0 Å². The highest BCUT2D eigenvalue weighted by Crippen LogP contribution is 2.49. The minimum absolute atomic E-state index is 0.585. The zero-order valence-electron chi connectivity index (χ0n) is 8.03. The molecule has 0 spiro atoms. The van der Waals surface area contributed by atoms with Crippen LogP contribution in [0.25, 0.3) is 0 Å². The van der Waals surface area contributed by atoms with Gasteiger partial charge in [0.15, 0.2) is 0 Å². The second-order valence-corrected chi connectivity index (χ2v) is 4.63. The number of hydrogen-bond acceptors (Lipinski definition) is 0. The van der Waals surface area contributed by atoms with Gasteiger partial charge in [-0.1, -0.05) is 25.7 Å². The Balaban J connectivity index is 2.18. The third-order valence-electron chi connectivity index (χ3n) is 3.66. The summed E-state index contributed by atoms with van der Waals surface area (Å²) in [6, 6.07) is 0. The summed E-state index contributed by atoms with van der Waals surface area (Å²) in [6.45, 7) is 0. The van der Waals surface area contributed by atoms with E-state index in [1.165, 1.54) is 38.5 Å². The minimum atomic E-state index is 0.585. The van der Waals surface area contributed by atoms with Crippen LogP contribution in [0.4, 0.5) is 0 Å². The molecule has 0 aromatic carbocycles. The average Bonchev–Trinajstić information content (AvgIpc) is 2.25. The third-order valence-corrected chi connectivity index (χ3v) is 3.66. The number of rotatable bonds is 0. The zero-order valence-corrected chi connectivity index (χ0v) is 8.03. The summed E-state index contributed by atoms with van der Waals surface area (Å²) < 4.78 is 0. The molecule has 0 bridgehead atoms. The molecule has 12 heavy (non-hydrogen) atoms. The maximum absolute atomic E-state index is 3.47. The first kappa shape index (κ1) is 8.23. The Morgan fingerprint density at radius 2 is 2.00 bits per heavy atom. The Morgan fingerprint density at radius 3 is 2.92 bits per heavy atom. The van der Waals surface area contributed by atoms with Crippen molar-refractivity contribution in [2.45, 2.75) is 50.3 Å². The molecular weight excluding hydrogens is 143 g/mol. The maximum atomic E-state index is 3.47. The van der Waals surface area contributed by atoms with Gasteiger partial charge < -0.3 is 0 Å². The van der Waals surface area contributed by atoms with E-state index < -0.39 is 0 Å². The van der Waals surface area contributed by atoms with Crippen molar-refractivity contribution in [3.8, 4) is 11.8 Å². The Kier molecular flexibility index (Phi) is 2.17. The molecule has 0 radical (unpaired) electrons. The summed E-state index contributed by atoms with van der Waals surface area (Å²) >= 11 is 0. The van der Waals surface area contributed by atoms with Gasteiger partial charge in [0.05, 0.1) is 0 Å². The van der Waals surface area contributed by atoms with Gasteiger partial charge in [-0.15, -0.1) is 11.8 Å². The molecule has 1 saturated carbocycles. The summed E-state index contributed by atoms with van der Waals surface area (Å²) in [6.07, 6.45) is 9.52. The van der Waals surface area contributed by atoms with Crippen molar-refractivity contribution in [3.63, 3.8) is 0 Å². The van der Waals surface area contributed by atoms with E-state index in [1.807, 2.05) is 0 Å². The van der Waals surface area contributed by atoms with Crippen molar-refractivity contribution in [2.24, 2.45) is 5.92 Å². The predicted octanol–water partition coefficient (Wildman–Crippen LogP) is 2.16. The highest BCUT2D eigenvalue weighted by molar-refractivity contribution is 6.15. The molecule has 0 aliphatic heterocycles. The van der Waals surface area contributed by atoms with Crippen molar-refractivity contribution in [3.05, 3.63) is 0 Å². The first-order chi connectivity index (χ1) is 5.81. The Labute approximate surface area is 76.5 Å². The lowest BCUT2D eigenvalue weighted by Gasteiger charge is -2.38. The van der Waals surface area contributed by atoms with Gasteiger partial charge in [0.1, 0.15) is 7.85 Å². The van der Waals surface area contributed by atoms with E-state index in [1.54, 1.807) is 0 Å². The van der Waals surface area contributed by atoms with Gasteiger partial charge in [0.25, 0.3) is 0 Å². The molecule has 0 amide bonds. The van der Waals surface area contributed by atoms with E-state index in [0.29, 0.717) is 5.31 Å². The first-order valence-corrected chi connectivity index (χ1v) is 5.30. The summed E-state index contributed by atoms with van der Waals surface area (Å²) in [4.78, 5) is 0. The van der Waals surface area contributed by atoms with Gasteiger partial charge in [0.2, 0.25) is 0 Å². The fraction of sp³-hybridized carbons (Fsp3) is 0.818. The fourth-order valence-corrected chi connectivity index (χ4v) is 2.72. The van der Waals surface area contributed by atoms with Gasteiger partial charge in [-0.05, 0) is 18.2 Å². The Hall–Kier alpha value is -0.375. The van der Waals surface area contributed by atoms with Crippen LogP contribution < -0.4 is 0 Å². The summed E-state index contributed by atoms with van der Waals surface area (Å²) in [5, 5.41) is 0.585. The molecule has 1 heteroatoms. The molecule has 2 rings (SSSR count). The molecule has 0 aromatic heterocycles. The van der Waals surface area contributed by atoms with E-state index >= 15 is 0 Å². The van der Waals surface area contributed by atoms with Crippen LogP contribution in [0.5, 0.6) is 0 Å². The van der Waals surface area contributed by atoms with Crippen molar-refractivity contribution in [2.75, 3.05) is 0 Å². The normalized spacial score (nSPS) is 40.5. The van der Waals surface area contributed by atoms with Crippen LogP contribution in [-0.4, -0.2) is 7.85 Å². The molecule has 0 saturated heterocycles. The second-order valence-electron chi connectivity index (χ2n) is 4.63. The highest BCUT2D eigenvalue weighted by atomic mass is 14.3.